The third-order valence-corrected chi connectivity index (χ3v) is 8.82. The minimum absolute atomic E-state index is 0.0704. The second kappa shape index (κ2) is 12.3. The first-order chi connectivity index (χ1) is 19.0. The highest BCUT2D eigenvalue weighted by Crippen LogP contribution is 2.32. The Hall–Kier alpha value is -3.57. The lowest BCUT2D eigenvalue weighted by molar-refractivity contribution is -0.137. The first-order valence-electron chi connectivity index (χ1n) is 12.9. The van der Waals surface area contributed by atoms with E-state index in [1.54, 1.807) is 28.9 Å². The Morgan fingerprint density at radius 1 is 0.950 bits per heavy atom. The minimum Gasteiger partial charge on any atom is -0.496 e. The van der Waals surface area contributed by atoms with Gasteiger partial charge < -0.3 is 14.5 Å². The maximum atomic E-state index is 13.7. The van der Waals surface area contributed by atoms with E-state index in [0.29, 0.717) is 36.5 Å². The molecule has 1 heterocycles. The van der Waals surface area contributed by atoms with Crippen molar-refractivity contribution in [2.45, 2.75) is 24.4 Å². The molecular weight excluding hydrogens is 543 g/mol. The monoisotopic (exact) mass is 575 g/mol. The highest BCUT2D eigenvalue weighted by molar-refractivity contribution is 7.89. The van der Waals surface area contributed by atoms with E-state index in [0.717, 1.165) is 17.7 Å². The summed E-state index contributed by atoms with van der Waals surface area (Å²) >= 11 is 0. The minimum atomic E-state index is -4.44. The molecule has 3 aromatic carbocycles. The zero-order valence-corrected chi connectivity index (χ0v) is 23.2. The Labute approximate surface area is 232 Å². The number of nitrogens with zero attached hydrogens (tertiary/aromatic N) is 3. The van der Waals surface area contributed by atoms with E-state index in [2.05, 4.69) is 0 Å². The number of benzene rings is 3. The molecule has 1 aliphatic heterocycles. The third-order valence-electron chi connectivity index (χ3n) is 6.98. The fourth-order valence-corrected chi connectivity index (χ4v) is 6.16. The molecule has 3 aromatic rings. The number of rotatable bonds is 9. The maximum absolute atomic E-state index is 13.7. The molecule has 0 N–H and O–H groups in total. The van der Waals surface area contributed by atoms with Gasteiger partial charge in [0.15, 0.2) is 0 Å². The first-order valence-corrected chi connectivity index (χ1v) is 14.3. The van der Waals surface area contributed by atoms with Crippen LogP contribution in [0.3, 0.4) is 0 Å². The van der Waals surface area contributed by atoms with Gasteiger partial charge in [-0.3, -0.25) is 4.79 Å². The highest BCUT2D eigenvalue weighted by Gasteiger charge is 2.32. The van der Waals surface area contributed by atoms with Crippen LogP contribution < -0.4 is 9.64 Å². The number of sulfonamides is 1. The lowest BCUT2D eigenvalue weighted by Gasteiger charge is -2.37. The molecule has 0 radical (unpaired) electrons. The van der Waals surface area contributed by atoms with E-state index in [4.69, 9.17) is 4.74 Å². The predicted octanol–water partition coefficient (Wildman–Crippen LogP) is 4.60. The Morgan fingerprint density at radius 3 is 2.27 bits per heavy atom. The fraction of sp³-hybridized carbons (Fsp3) is 0.345. The second-order valence-corrected chi connectivity index (χ2v) is 11.6. The summed E-state index contributed by atoms with van der Waals surface area (Å²) in [7, 11) is -2.50. The molecule has 1 aliphatic rings. The van der Waals surface area contributed by atoms with Crippen molar-refractivity contribution in [2.24, 2.45) is 0 Å². The lowest BCUT2D eigenvalue weighted by atomic mass is 10.1. The summed E-state index contributed by atoms with van der Waals surface area (Å²) in [6.07, 6.45) is -4.02. The van der Waals surface area contributed by atoms with Crippen LogP contribution >= 0.6 is 0 Å². The van der Waals surface area contributed by atoms with Crippen LogP contribution in [0.1, 0.15) is 16.7 Å². The van der Waals surface area contributed by atoms with Crippen LogP contribution in [0, 0.1) is 6.92 Å². The van der Waals surface area contributed by atoms with Crippen molar-refractivity contribution in [1.29, 1.82) is 0 Å². The molecular formula is C29H32F3N3O4S. The van der Waals surface area contributed by atoms with E-state index < -0.39 is 21.8 Å². The zero-order valence-electron chi connectivity index (χ0n) is 22.4. The van der Waals surface area contributed by atoms with Crippen molar-refractivity contribution in [3.8, 4) is 5.75 Å². The van der Waals surface area contributed by atoms with Crippen LogP contribution in [0.2, 0.25) is 0 Å². The number of piperazine rings is 1. The summed E-state index contributed by atoms with van der Waals surface area (Å²) in [4.78, 5) is 16.8. The summed E-state index contributed by atoms with van der Waals surface area (Å²) in [6, 6.07) is 19.1. The van der Waals surface area contributed by atoms with Gasteiger partial charge in [-0.15, -0.1) is 0 Å². The Balaban J connectivity index is 1.48. The lowest BCUT2D eigenvalue weighted by Crippen LogP contribution is -2.52. The average Bonchev–Trinajstić information content (AvgIpc) is 2.95. The van der Waals surface area contributed by atoms with Gasteiger partial charge in [0, 0.05) is 38.4 Å². The van der Waals surface area contributed by atoms with E-state index in [1.807, 2.05) is 30.3 Å². The number of methoxy groups -OCH3 is 1. The largest absolute Gasteiger partial charge is 0.496 e. The molecule has 214 valence electrons. The van der Waals surface area contributed by atoms with Crippen LogP contribution in [0.5, 0.6) is 5.75 Å². The maximum Gasteiger partial charge on any atom is 0.416 e. The van der Waals surface area contributed by atoms with E-state index >= 15 is 0 Å². The van der Waals surface area contributed by atoms with Gasteiger partial charge in [0.25, 0.3) is 0 Å². The smallest absolute Gasteiger partial charge is 0.416 e. The number of halogens is 3. The van der Waals surface area contributed by atoms with Crippen LogP contribution in [-0.2, 0) is 27.4 Å². The van der Waals surface area contributed by atoms with Crippen molar-refractivity contribution < 1.29 is 31.1 Å². The molecule has 0 atom stereocenters. The molecule has 1 amide bonds. The molecule has 4 rings (SSSR count). The molecule has 40 heavy (non-hydrogen) atoms. The van der Waals surface area contributed by atoms with Crippen molar-refractivity contribution >= 4 is 21.6 Å². The molecule has 0 spiro atoms. The van der Waals surface area contributed by atoms with Gasteiger partial charge in [-0.05, 0) is 60.9 Å². The number of carbonyl (C=O) groups is 1. The topological polar surface area (TPSA) is 70.2 Å². The Bertz CT molecular complexity index is 1420. The predicted molar refractivity (Wildman–Crippen MR) is 147 cm³/mol. The van der Waals surface area contributed by atoms with Gasteiger partial charge >= 0.3 is 6.18 Å². The number of carbonyl (C=O) groups excluding carboxylic acids is 1. The van der Waals surface area contributed by atoms with Crippen molar-refractivity contribution in [3.05, 3.63) is 89.5 Å². The van der Waals surface area contributed by atoms with Gasteiger partial charge in [0.1, 0.15) is 5.75 Å². The van der Waals surface area contributed by atoms with Crippen LogP contribution in [-0.4, -0.2) is 69.9 Å². The molecule has 0 aliphatic carbocycles. The van der Waals surface area contributed by atoms with Crippen molar-refractivity contribution in [3.63, 3.8) is 0 Å². The van der Waals surface area contributed by atoms with Gasteiger partial charge in [-0.25, -0.2) is 8.42 Å². The van der Waals surface area contributed by atoms with Gasteiger partial charge in [-0.1, -0.05) is 36.4 Å². The van der Waals surface area contributed by atoms with E-state index in [9.17, 15) is 26.4 Å². The quantitative estimate of drug-likeness (QED) is 0.373. The molecule has 0 saturated carbocycles. The Kier molecular flexibility index (Phi) is 9.05. The number of aryl methyl sites for hydroxylation is 1. The van der Waals surface area contributed by atoms with Gasteiger partial charge in [0.05, 0.1) is 24.1 Å². The van der Waals surface area contributed by atoms with Gasteiger partial charge in [0.2, 0.25) is 15.9 Å². The van der Waals surface area contributed by atoms with E-state index in [-0.39, 0.29) is 37.0 Å². The van der Waals surface area contributed by atoms with Crippen LogP contribution in [0.25, 0.3) is 0 Å². The van der Waals surface area contributed by atoms with E-state index in [1.165, 1.54) is 29.6 Å². The summed E-state index contributed by atoms with van der Waals surface area (Å²) in [5, 5.41) is 0. The molecule has 1 saturated heterocycles. The standard InChI is InChI=1S/C29H32F3N3O4S/c1-22-19-26(11-12-27(22)39-2)40(37,38)35(14-13-23-7-4-3-5-8-23)21-28(36)34-17-15-33(16-18-34)25-10-6-9-24(20-25)29(30,31)32/h3-12,19-20H,13-18,21H2,1-2H3. The molecule has 0 aromatic heterocycles. The molecule has 11 heteroatoms. The molecule has 7 nitrogen and oxygen atoms in total. The SMILES string of the molecule is COc1ccc(S(=O)(=O)N(CCc2ccccc2)CC(=O)N2CCN(c3cccc(C(F)(F)F)c3)CC2)cc1C. The first kappa shape index (κ1) is 29.4. The summed E-state index contributed by atoms with van der Waals surface area (Å²) in [6.45, 7) is 2.72. The van der Waals surface area contributed by atoms with Gasteiger partial charge in [-0.2, -0.15) is 17.5 Å². The molecule has 0 bridgehead atoms. The average molecular weight is 576 g/mol. The normalized spacial score (nSPS) is 14.4. The Morgan fingerprint density at radius 2 is 1.65 bits per heavy atom. The third kappa shape index (κ3) is 6.95. The number of anilines is 1. The van der Waals surface area contributed by atoms with Crippen LogP contribution in [0.15, 0.2) is 77.7 Å². The number of hydrogen-bond acceptors (Lipinski definition) is 5. The molecule has 0 unspecified atom stereocenters. The number of ether oxygens (including phenoxy) is 1. The molecule has 1 fully saturated rings. The van der Waals surface area contributed by atoms with Crippen molar-refractivity contribution in [1.82, 2.24) is 9.21 Å². The number of alkyl halides is 3. The van der Waals surface area contributed by atoms with Crippen LogP contribution in [0.4, 0.5) is 18.9 Å². The zero-order chi connectivity index (χ0) is 28.9. The number of amides is 1. The summed E-state index contributed by atoms with van der Waals surface area (Å²) < 4.78 is 73.3. The van der Waals surface area contributed by atoms with Crippen molar-refractivity contribution in [2.75, 3.05) is 51.3 Å². The fourth-order valence-electron chi connectivity index (χ4n) is 4.69. The second-order valence-electron chi connectivity index (χ2n) is 9.62. The highest BCUT2D eigenvalue weighted by atomic mass is 32.2. The number of hydrogen-bond donors (Lipinski definition) is 0. The summed E-state index contributed by atoms with van der Waals surface area (Å²) in [5.41, 5.74) is 1.31. The summed E-state index contributed by atoms with van der Waals surface area (Å²) in [5.74, 6) is 0.204.